The van der Waals surface area contributed by atoms with E-state index in [4.69, 9.17) is 4.74 Å². The number of aliphatic hydroxyl groups is 1. The van der Waals surface area contributed by atoms with Crippen molar-refractivity contribution in [3.8, 4) is 0 Å². The summed E-state index contributed by atoms with van der Waals surface area (Å²) >= 11 is 0. The van der Waals surface area contributed by atoms with Crippen LogP contribution in [0.3, 0.4) is 0 Å². The summed E-state index contributed by atoms with van der Waals surface area (Å²) in [5.41, 5.74) is -0.0536. The Morgan fingerprint density at radius 2 is 1.88 bits per heavy atom. The topological polar surface area (TPSA) is 29.5 Å². The van der Waals surface area contributed by atoms with Gasteiger partial charge in [-0.1, -0.05) is 20.3 Å². The Kier molecular flexibility index (Phi) is 3.60. The monoisotopic (exact) mass is 226 g/mol. The average molecular weight is 226 g/mol. The van der Waals surface area contributed by atoms with Crippen LogP contribution in [0.2, 0.25) is 0 Å². The number of hydrogen-bond donors (Lipinski definition) is 1. The third-order valence-corrected chi connectivity index (χ3v) is 4.31. The first kappa shape index (κ1) is 12.4. The minimum absolute atomic E-state index is 0.332. The predicted octanol–water partition coefficient (Wildman–Crippen LogP) is 3.13. The minimum Gasteiger partial charge on any atom is -0.390 e. The van der Waals surface area contributed by atoms with Gasteiger partial charge in [0.1, 0.15) is 0 Å². The first-order valence-electron chi connectivity index (χ1n) is 6.79. The van der Waals surface area contributed by atoms with Crippen LogP contribution >= 0.6 is 0 Å². The largest absolute Gasteiger partial charge is 0.390 e. The molecule has 2 heteroatoms. The zero-order valence-electron chi connectivity index (χ0n) is 10.8. The number of rotatable bonds is 2. The van der Waals surface area contributed by atoms with Gasteiger partial charge in [-0.3, -0.25) is 0 Å². The van der Waals surface area contributed by atoms with E-state index in [9.17, 15) is 5.11 Å². The molecule has 0 aromatic carbocycles. The van der Waals surface area contributed by atoms with Crippen LogP contribution in [-0.2, 0) is 4.74 Å². The van der Waals surface area contributed by atoms with Crippen LogP contribution in [0, 0.1) is 11.3 Å². The van der Waals surface area contributed by atoms with Crippen LogP contribution in [-0.4, -0.2) is 23.9 Å². The summed E-state index contributed by atoms with van der Waals surface area (Å²) in [6.07, 6.45) is 7.73. The molecule has 0 aromatic heterocycles. The summed E-state index contributed by atoms with van der Waals surface area (Å²) in [5.74, 6) is 0.688. The Morgan fingerprint density at radius 3 is 2.50 bits per heavy atom. The molecule has 2 rings (SSSR count). The molecular weight excluding hydrogens is 200 g/mol. The highest BCUT2D eigenvalue weighted by atomic mass is 16.5. The van der Waals surface area contributed by atoms with Crippen LogP contribution < -0.4 is 0 Å². The second kappa shape index (κ2) is 4.66. The van der Waals surface area contributed by atoms with E-state index >= 15 is 0 Å². The third-order valence-electron chi connectivity index (χ3n) is 4.31. The van der Waals surface area contributed by atoms with E-state index in [1.807, 2.05) is 0 Å². The Balaban J connectivity index is 1.90. The molecule has 1 aliphatic heterocycles. The summed E-state index contributed by atoms with van der Waals surface area (Å²) in [4.78, 5) is 0. The number of ether oxygens (including phenoxy) is 1. The summed E-state index contributed by atoms with van der Waals surface area (Å²) < 4.78 is 5.38. The Morgan fingerprint density at radius 1 is 1.19 bits per heavy atom. The standard InChI is InChI=1S/C14H26O2/c1-13(2)6-3-7-14(15,11-13)10-12-4-8-16-9-5-12/h12,15H,3-11H2,1-2H3. The minimum atomic E-state index is -0.385. The quantitative estimate of drug-likeness (QED) is 0.784. The molecule has 2 aliphatic rings. The fraction of sp³-hybridized carbons (Fsp3) is 1.00. The molecule has 1 aliphatic carbocycles. The molecule has 16 heavy (non-hydrogen) atoms. The second-order valence-corrected chi connectivity index (χ2v) is 6.68. The first-order valence-corrected chi connectivity index (χ1v) is 6.79. The maximum absolute atomic E-state index is 10.7. The molecule has 1 atom stereocenters. The number of hydrogen-bond acceptors (Lipinski definition) is 2. The fourth-order valence-electron chi connectivity index (χ4n) is 3.63. The lowest BCUT2D eigenvalue weighted by molar-refractivity contribution is -0.0667. The Labute approximate surface area is 99.4 Å². The molecule has 1 saturated heterocycles. The Bertz CT molecular complexity index is 231. The van der Waals surface area contributed by atoms with Gasteiger partial charge in [-0.15, -0.1) is 0 Å². The van der Waals surface area contributed by atoms with Crippen LogP contribution in [0.25, 0.3) is 0 Å². The molecule has 0 radical (unpaired) electrons. The van der Waals surface area contributed by atoms with E-state index in [0.717, 1.165) is 45.3 Å². The molecule has 94 valence electrons. The lowest BCUT2D eigenvalue weighted by Crippen LogP contribution is -2.41. The van der Waals surface area contributed by atoms with Gasteiger partial charge < -0.3 is 9.84 Å². The van der Waals surface area contributed by atoms with Gasteiger partial charge in [0.05, 0.1) is 5.60 Å². The SMILES string of the molecule is CC1(C)CCCC(O)(CC2CCOCC2)C1. The zero-order chi connectivity index (χ0) is 11.6. The molecule has 0 amide bonds. The van der Waals surface area contributed by atoms with Crippen molar-refractivity contribution in [2.75, 3.05) is 13.2 Å². The summed E-state index contributed by atoms with van der Waals surface area (Å²) in [6.45, 7) is 6.37. The van der Waals surface area contributed by atoms with Crippen LogP contribution in [0.5, 0.6) is 0 Å². The van der Waals surface area contributed by atoms with Gasteiger partial charge in [-0.2, -0.15) is 0 Å². The molecule has 0 spiro atoms. The zero-order valence-corrected chi connectivity index (χ0v) is 10.8. The van der Waals surface area contributed by atoms with E-state index in [-0.39, 0.29) is 5.60 Å². The molecule has 1 saturated carbocycles. The summed E-state index contributed by atoms with van der Waals surface area (Å²) in [7, 11) is 0. The van der Waals surface area contributed by atoms with Crippen molar-refractivity contribution in [1.29, 1.82) is 0 Å². The van der Waals surface area contributed by atoms with Crippen LogP contribution in [0.15, 0.2) is 0 Å². The first-order chi connectivity index (χ1) is 7.49. The van der Waals surface area contributed by atoms with Gasteiger partial charge in [0.15, 0.2) is 0 Å². The van der Waals surface area contributed by atoms with Crippen molar-refractivity contribution < 1.29 is 9.84 Å². The highest BCUT2D eigenvalue weighted by Gasteiger charge is 2.39. The van der Waals surface area contributed by atoms with E-state index in [0.29, 0.717) is 11.3 Å². The van der Waals surface area contributed by atoms with Gasteiger partial charge in [0, 0.05) is 13.2 Å². The average Bonchev–Trinajstić information content (AvgIpc) is 2.16. The Hall–Kier alpha value is -0.0800. The van der Waals surface area contributed by atoms with Gasteiger partial charge >= 0.3 is 0 Å². The van der Waals surface area contributed by atoms with Gasteiger partial charge in [0.25, 0.3) is 0 Å². The van der Waals surface area contributed by atoms with Crippen molar-refractivity contribution in [3.63, 3.8) is 0 Å². The highest BCUT2D eigenvalue weighted by Crippen LogP contribution is 2.44. The van der Waals surface area contributed by atoms with Crippen LogP contribution in [0.1, 0.15) is 58.8 Å². The molecule has 0 bridgehead atoms. The van der Waals surface area contributed by atoms with Crippen molar-refractivity contribution in [2.45, 2.75) is 64.4 Å². The van der Waals surface area contributed by atoms with Crippen molar-refractivity contribution in [1.82, 2.24) is 0 Å². The molecular formula is C14H26O2. The van der Waals surface area contributed by atoms with E-state index in [1.54, 1.807) is 0 Å². The van der Waals surface area contributed by atoms with Gasteiger partial charge in [0.2, 0.25) is 0 Å². The lowest BCUT2D eigenvalue weighted by atomic mass is 9.67. The fourth-order valence-corrected chi connectivity index (χ4v) is 3.63. The van der Waals surface area contributed by atoms with Crippen LogP contribution in [0.4, 0.5) is 0 Å². The normalized spacial score (nSPS) is 36.2. The molecule has 1 N–H and O–H groups in total. The summed E-state index contributed by atoms with van der Waals surface area (Å²) in [6, 6.07) is 0. The molecule has 2 fully saturated rings. The van der Waals surface area contributed by atoms with Crippen molar-refractivity contribution in [3.05, 3.63) is 0 Å². The highest BCUT2D eigenvalue weighted by molar-refractivity contribution is 4.92. The smallest absolute Gasteiger partial charge is 0.0655 e. The molecule has 2 nitrogen and oxygen atoms in total. The maximum Gasteiger partial charge on any atom is 0.0655 e. The third kappa shape index (κ3) is 3.21. The second-order valence-electron chi connectivity index (χ2n) is 6.68. The molecule has 1 heterocycles. The lowest BCUT2D eigenvalue weighted by Gasteiger charge is -2.43. The molecule has 0 aromatic rings. The van der Waals surface area contributed by atoms with Gasteiger partial charge in [-0.25, -0.2) is 0 Å². The van der Waals surface area contributed by atoms with E-state index < -0.39 is 0 Å². The van der Waals surface area contributed by atoms with Crippen molar-refractivity contribution >= 4 is 0 Å². The van der Waals surface area contributed by atoms with E-state index in [2.05, 4.69) is 13.8 Å². The maximum atomic E-state index is 10.7. The van der Waals surface area contributed by atoms with Gasteiger partial charge in [-0.05, 0) is 49.9 Å². The van der Waals surface area contributed by atoms with Crippen molar-refractivity contribution in [2.24, 2.45) is 11.3 Å². The molecule has 1 unspecified atom stereocenters. The summed E-state index contributed by atoms with van der Waals surface area (Å²) in [5, 5.41) is 10.7. The van der Waals surface area contributed by atoms with E-state index in [1.165, 1.54) is 12.8 Å². The predicted molar refractivity (Wildman–Crippen MR) is 65.4 cm³/mol.